The van der Waals surface area contributed by atoms with Crippen molar-refractivity contribution in [3.05, 3.63) is 10.4 Å². The van der Waals surface area contributed by atoms with Crippen LogP contribution in [-0.2, 0) is 9.59 Å². The van der Waals surface area contributed by atoms with E-state index in [0.717, 1.165) is 19.3 Å². The second-order valence-electron chi connectivity index (χ2n) is 3.51. The lowest BCUT2D eigenvalue weighted by Gasteiger charge is -1.98. The number of azide groups is 1. The van der Waals surface area contributed by atoms with Gasteiger partial charge in [0.15, 0.2) is 0 Å². The topological polar surface area (TPSA) is 82.9 Å². The number of hydrogen-bond acceptors (Lipinski definition) is 3. The molecule has 0 saturated carbocycles. The molecule has 0 aromatic heterocycles. The largest absolute Gasteiger partial charge is 0.300 e. The number of carbonyl (C=O) groups excluding carboxylic acids is 2. The highest BCUT2D eigenvalue weighted by atomic mass is 16.1. The standard InChI is InChI=1S/C10H17N3O2/c1-9(14)6-7-10(15)5-3-2-4-8-12-13-11/h2-8H2,1H3. The second-order valence-corrected chi connectivity index (χ2v) is 3.51. The first-order valence-electron chi connectivity index (χ1n) is 5.19. The minimum Gasteiger partial charge on any atom is -0.300 e. The van der Waals surface area contributed by atoms with Crippen LogP contribution in [0.2, 0.25) is 0 Å². The van der Waals surface area contributed by atoms with E-state index in [1.807, 2.05) is 0 Å². The van der Waals surface area contributed by atoms with Gasteiger partial charge in [0, 0.05) is 30.7 Å². The summed E-state index contributed by atoms with van der Waals surface area (Å²) in [6, 6.07) is 0. The zero-order chi connectivity index (χ0) is 11.5. The number of nitrogens with zero attached hydrogens (tertiary/aromatic N) is 3. The van der Waals surface area contributed by atoms with Crippen LogP contribution >= 0.6 is 0 Å². The predicted molar refractivity (Wildman–Crippen MR) is 57.4 cm³/mol. The molecule has 0 aromatic rings. The van der Waals surface area contributed by atoms with Crippen LogP contribution in [-0.4, -0.2) is 18.1 Å². The van der Waals surface area contributed by atoms with Crippen molar-refractivity contribution in [1.82, 2.24) is 0 Å². The zero-order valence-corrected chi connectivity index (χ0v) is 9.11. The minimum absolute atomic E-state index is 0.0618. The summed E-state index contributed by atoms with van der Waals surface area (Å²) in [5, 5.41) is 3.40. The summed E-state index contributed by atoms with van der Waals surface area (Å²) in [6.45, 7) is 1.99. The summed E-state index contributed by atoms with van der Waals surface area (Å²) in [7, 11) is 0. The lowest BCUT2D eigenvalue weighted by atomic mass is 10.1. The molecule has 0 bridgehead atoms. The summed E-state index contributed by atoms with van der Waals surface area (Å²) in [5.41, 5.74) is 8.01. The highest BCUT2D eigenvalue weighted by Gasteiger charge is 2.03. The fourth-order valence-corrected chi connectivity index (χ4v) is 1.17. The van der Waals surface area contributed by atoms with E-state index in [1.165, 1.54) is 6.92 Å². The van der Waals surface area contributed by atoms with Gasteiger partial charge in [0.05, 0.1) is 0 Å². The van der Waals surface area contributed by atoms with Gasteiger partial charge < -0.3 is 4.79 Å². The van der Waals surface area contributed by atoms with Crippen LogP contribution in [0.15, 0.2) is 5.11 Å². The van der Waals surface area contributed by atoms with Gasteiger partial charge in [-0.1, -0.05) is 11.5 Å². The summed E-state index contributed by atoms with van der Waals surface area (Å²) in [4.78, 5) is 24.4. The maximum Gasteiger partial charge on any atom is 0.133 e. The molecule has 5 nitrogen and oxygen atoms in total. The average Bonchev–Trinajstić information content (AvgIpc) is 2.20. The van der Waals surface area contributed by atoms with E-state index in [-0.39, 0.29) is 11.6 Å². The van der Waals surface area contributed by atoms with Gasteiger partial charge in [-0.25, -0.2) is 0 Å². The van der Waals surface area contributed by atoms with Crippen LogP contribution in [0.25, 0.3) is 10.4 Å². The number of rotatable bonds is 9. The Hall–Kier alpha value is -1.35. The minimum atomic E-state index is 0.0618. The van der Waals surface area contributed by atoms with Gasteiger partial charge >= 0.3 is 0 Å². The summed E-state index contributed by atoms with van der Waals surface area (Å²) >= 11 is 0. The van der Waals surface area contributed by atoms with Gasteiger partial charge in [0.2, 0.25) is 0 Å². The zero-order valence-electron chi connectivity index (χ0n) is 9.11. The number of hydrogen-bond donors (Lipinski definition) is 0. The van der Waals surface area contributed by atoms with Crippen molar-refractivity contribution in [2.45, 2.75) is 45.4 Å². The molecule has 84 valence electrons. The summed E-state index contributed by atoms with van der Waals surface area (Å²) < 4.78 is 0. The van der Waals surface area contributed by atoms with E-state index >= 15 is 0 Å². The first kappa shape index (κ1) is 13.7. The number of Topliss-reactive ketones (excluding diaryl/α,β-unsaturated/α-hetero) is 2. The molecule has 0 spiro atoms. The molecular weight excluding hydrogens is 194 g/mol. The Morgan fingerprint density at radius 3 is 2.47 bits per heavy atom. The van der Waals surface area contributed by atoms with Crippen molar-refractivity contribution in [3.63, 3.8) is 0 Å². The predicted octanol–water partition coefficient (Wildman–Crippen LogP) is 2.80. The highest BCUT2D eigenvalue weighted by Crippen LogP contribution is 2.04. The van der Waals surface area contributed by atoms with Crippen molar-refractivity contribution in [3.8, 4) is 0 Å². The Kier molecular flexibility index (Phi) is 8.39. The van der Waals surface area contributed by atoms with E-state index in [1.54, 1.807) is 0 Å². The molecule has 0 N–H and O–H groups in total. The Morgan fingerprint density at radius 2 is 1.87 bits per heavy atom. The number of carbonyl (C=O) groups is 2. The third-order valence-corrected chi connectivity index (χ3v) is 2.03. The molecule has 0 heterocycles. The monoisotopic (exact) mass is 211 g/mol. The highest BCUT2D eigenvalue weighted by molar-refractivity contribution is 5.84. The van der Waals surface area contributed by atoms with Crippen molar-refractivity contribution in [2.75, 3.05) is 6.54 Å². The Bertz CT molecular complexity index is 257. The molecule has 0 radical (unpaired) electrons. The third kappa shape index (κ3) is 10.6. The van der Waals surface area contributed by atoms with Crippen molar-refractivity contribution >= 4 is 11.6 Å². The molecule has 0 fully saturated rings. The van der Waals surface area contributed by atoms with E-state index < -0.39 is 0 Å². The smallest absolute Gasteiger partial charge is 0.133 e. The quantitative estimate of drug-likeness (QED) is 0.254. The van der Waals surface area contributed by atoms with E-state index in [2.05, 4.69) is 10.0 Å². The SMILES string of the molecule is CC(=O)CCC(=O)CCCCCN=[N+]=[N-]. The summed E-state index contributed by atoms with van der Waals surface area (Å²) in [6.07, 6.45) is 3.79. The molecule has 0 amide bonds. The van der Waals surface area contributed by atoms with Gasteiger partial charge in [0.1, 0.15) is 11.6 Å². The Labute approximate surface area is 89.5 Å². The first-order chi connectivity index (χ1) is 7.16. The van der Waals surface area contributed by atoms with Gasteiger partial charge in [-0.3, -0.25) is 4.79 Å². The van der Waals surface area contributed by atoms with E-state index in [4.69, 9.17) is 5.53 Å². The van der Waals surface area contributed by atoms with E-state index in [0.29, 0.717) is 25.8 Å². The van der Waals surface area contributed by atoms with Crippen LogP contribution < -0.4 is 0 Å². The Balaban J connectivity index is 3.31. The third-order valence-electron chi connectivity index (χ3n) is 2.03. The molecule has 0 rings (SSSR count). The van der Waals surface area contributed by atoms with Gasteiger partial charge in [-0.15, -0.1) is 0 Å². The average molecular weight is 211 g/mol. The van der Waals surface area contributed by atoms with Crippen molar-refractivity contribution in [2.24, 2.45) is 5.11 Å². The molecule has 0 unspecified atom stereocenters. The van der Waals surface area contributed by atoms with Gasteiger partial charge in [-0.2, -0.15) is 0 Å². The fraction of sp³-hybridized carbons (Fsp3) is 0.800. The van der Waals surface area contributed by atoms with Gasteiger partial charge in [-0.05, 0) is 25.3 Å². The maximum atomic E-state index is 11.2. The van der Waals surface area contributed by atoms with Crippen LogP contribution in [0.1, 0.15) is 45.4 Å². The van der Waals surface area contributed by atoms with Crippen LogP contribution in [0.5, 0.6) is 0 Å². The molecule has 0 aliphatic carbocycles. The van der Waals surface area contributed by atoms with Gasteiger partial charge in [0.25, 0.3) is 0 Å². The van der Waals surface area contributed by atoms with Crippen LogP contribution in [0.4, 0.5) is 0 Å². The molecule has 0 aliphatic heterocycles. The lowest BCUT2D eigenvalue weighted by Crippen LogP contribution is -2.01. The number of unbranched alkanes of at least 4 members (excludes halogenated alkanes) is 2. The molecular formula is C10H17N3O2. The molecule has 0 aliphatic rings. The molecule has 0 saturated heterocycles. The maximum absolute atomic E-state index is 11.2. The summed E-state index contributed by atoms with van der Waals surface area (Å²) in [5.74, 6) is 0.209. The van der Waals surface area contributed by atoms with Crippen LogP contribution in [0, 0.1) is 0 Å². The molecule has 15 heavy (non-hydrogen) atoms. The first-order valence-corrected chi connectivity index (χ1v) is 5.19. The molecule has 0 aromatic carbocycles. The van der Waals surface area contributed by atoms with Crippen molar-refractivity contribution < 1.29 is 9.59 Å². The Morgan fingerprint density at radius 1 is 1.13 bits per heavy atom. The molecule has 5 heteroatoms. The number of ketones is 2. The molecule has 0 atom stereocenters. The van der Waals surface area contributed by atoms with E-state index in [9.17, 15) is 9.59 Å². The lowest BCUT2D eigenvalue weighted by molar-refractivity contribution is -0.123. The normalized spacial score (nSPS) is 9.40. The van der Waals surface area contributed by atoms with Crippen molar-refractivity contribution in [1.29, 1.82) is 0 Å². The second kappa shape index (κ2) is 9.21. The fourth-order valence-electron chi connectivity index (χ4n) is 1.17. The van der Waals surface area contributed by atoms with Crippen LogP contribution in [0.3, 0.4) is 0 Å².